The summed E-state index contributed by atoms with van der Waals surface area (Å²) in [5.74, 6) is 0.0438. The van der Waals surface area contributed by atoms with Crippen molar-refractivity contribution in [3.8, 4) is 0 Å². The number of nitrogens with one attached hydrogen (secondary N) is 2. The lowest BCUT2D eigenvalue weighted by molar-refractivity contribution is -0.937. The molecule has 1 amide bonds. The van der Waals surface area contributed by atoms with E-state index in [9.17, 15) is 9.18 Å². The van der Waals surface area contributed by atoms with Gasteiger partial charge in [-0.05, 0) is 26.0 Å². The normalized spacial score (nSPS) is 16.6. The van der Waals surface area contributed by atoms with Crippen molar-refractivity contribution in [2.75, 3.05) is 32.8 Å². The Morgan fingerprint density at radius 1 is 1.28 bits per heavy atom. The number of hydrogen-bond donors (Lipinski definition) is 2. The predicted molar refractivity (Wildman–Crippen MR) is 89.0 cm³/mol. The Morgan fingerprint density at radius 2 is 1.96 bits per heavy atom. The van der Waals surface area contributed by atoms with E-state index >= 15 is 0 Å². The molecular weight excluding hydrogens is 325 g/mol. The lowest BCUT2D eigenvalue weighted by Gasteiger charge is -2.32. The minimum atomic E-state index is -0.265. The zero-order chi connectivity index (χ0) is 17.8. The smallest absolute Gasteiger partial charge is 0.257 e. The molecule has 2 heterocycles. The summed E-state index contributed by atoms with van der Waals surface area (Å²) in [4.78, 5) is 13.8. The van der Waals surface area contributed by atoms with Gasteiger partial charge in [-0.1, -0.05) is 17.3 Å². The Morgan fingerprint density at radius 3 is 2.56 bits per heavy atom. The zero-order valence-electron chi connectivity index (χ0n) is 14.5. The summed E-state index contributed by atoms with van der Waals surface area (Å²) in [5, 5.41) is 6.81. The van der Waals surface area contributed by atoms with Crippen LogP contribution in [0.5, 0.6) is 0 Å². The summed E-state index contributed by atoms with van der Waals surface area (Å²) in [6, 6.07) is 6.51. The average Bonchev–Trinajstić information content (AvgIpc) is 2.96. The second-order valence-corrected chi connectivity index (χ2v) is 6.28. The van der Waals surface area contributed by atoms with Crippen LogP contribution in [0.2, 0.25) is 0 Å². The van der Waals surface area contributed by atoms with Gasteiger partial charge < -0.3 is 19.5 Å². The molecule has 134 valence electrons. The van der Waals surface area contributed by atoms with Gasteiger partial charge in [0, 0.05) is 5.56 Å². The highest BCUT2D eigenvalue weighted by Gasteiger charge is 2.28. The molecule has 0 aliphatic carbocycles. The zero-order valence-corrected chi connectivity index (χ0v) is 14.5. The number of rotatable bonds is 5. The number of carbonyl (C=O) groups is 1. The Bertz CT molecular complexity index is 704. The molecule has 2 N–H and O–H groups in total. The molecule has 1 aliphatic heterocycles. The molecule has 1 fully saturated rings. The summed E-state index contributed by atoms with van der Waals surface area (Å²) in [6.07, 6.45) is 0. The van der Waals surface area contributed by atoms with Crippen molar-refractivity contribution in [1.82, 2.24) is 10.5 Å². The van der Waals surface area contributed by atoms with E-state index in [0.29, 0.717) is 36.8 Å². The van der Waals surface area contributed by atoms with Crippen molar-refractivity contribution >= 4 is 5.91 Å². The van der Waals surface area contributed by atoms with Crippen molar-refractivity contribution in [3.63, 3.8) is 0 Å². The standard InChI is InChI=1S/C18H22FN3O3/c1-12-17(13(2)25-21-12)18(23)20-11-16(22-7-9-24-10-8-22)14-3-5-15(19)6-4-14/h3-6,16H,7-11H2,1-2H3,(H,20,23)/p+1/t16-/m1/s1. The Kier molecular flexibility index (Phi) is 5.45. The molecule has 1 saturated heterocycles. The van der Waals surface area contributed by atoms with Gasteiger partial charge in [-0.3, -0.25) is 4.79 Å². The summed E-state index contributed by atoms with van der Waals surface area (Å²) >= 11 is 0. The van der Waals surface area contributed by atoms with Crippen LogP contribution in [0.25, 0.3) is 0 Å². The van der Waals surface area contributed by atoms with Crippen molar-refractivity contribution in [2.24, 2.45) is 0 Å². The topological polar surface area (TPSA) is 68.8 Å². The second kappa shape index (κ2) is 7.76. The van der Waals surface area contributed by atoms with E-state index in [-0.39, 0.29) is 17.8 Å². The lowest BCUT2D eigenvalue weighted by Crippen LogP contribution is -3.15. The van der Waals surface area contributed by atoms with Gasteiger partial charge in [0.25, 0.3) is 5.91 Å². The lowest BCUT2D eigenvalue weighted by atomic mass is 10.0. The minimum Gasteiger partial charge on any atom is -0.370 e. The van der Waals surface area contributed by atoms with E-state index in [1.165, 1.54) is 17.0 Å². The maximum absolute atomic E-state index is 13.3. The molecule has 0 unspecified atom stereocenters. The van der Waals surface area contributed by atoms with E-state index in [0.717, 1.165) is 18.7 Å². The number of amides is 1. The fraction of sp³-hybridized carbons (Fsp3) is 0.444. The summed E-state index contributed by atoms with van der Waals surface area (Å²) in [5.41, 5.74) is 2.05. The van der Waals surface area contributed by atoms with E-state index in [4.69, 9.17) is 9.26 Å². The first-order valence-electron chi connectivity index (χ1n) is 8.45. The van der Waals surface area contributed by atoms with Gasteiger partial charge in [0.1, 0.15) is 36.3 Å². The number of benzene rings is 1. The first-order chi connectivity index (χ1) is 12.1. The van der Waals surface area contributed by atoms with E-state index in [1.807, 2.05) is 0 Å². The van der Waals surface area contributed by atoms with Crippen molar-refractivity contribution in [2.45, 2.75) is 19.9 Å². The maximum atomic E-state index is 13.3. The van der Waals surface area contributed by atoms with Gasteiger partial charge in [0.05, 0.1) is 25.5 Å². The molecule has 1 aliphatic rings. The van der Waals surface area contributed by atoms with Crippen molar-refractivity contribution in [1.29, 1.82) is 0 Å². The number of morpholine rings is 1. The molecular formula is C18H23FN3O3+. The molecule has 0 spiro atoms. The molecule has 3 rings (SSSR count). The van der Waals surface area contributed by atoms with E-state index in [1.54, 1.807) is 26.0 Å². The highest BCUT2D eigenvalue weighted by Crippen LogP contribution is 2.14. The van der Waals surface area contributed by atoms with Crippen molar-refractivity contribution < 1.29 is 23.3 Å². The van der Waals surface area contributed by atoms with Crippen molar-refractivity contribution in [3.05, 3.63) is 52.7 Å². The van der Waals surface area contributed by atoms with Gasteiger partial charge >= 0.3 is 0 Å². The van der Waals surface area contributed by atoms with Gasteiger partial charge in [-0.2, -0.15) is 0 Å². The maximum Gasteiger partial charge on any atom is 0.257 e. The molecule has 0 saturated carbocycles. The monoisotopic (exact) mass is 348 g/mol. The SMILES string of the molecule is Cc1noc(C)c1C(=O)NC[C@H](c1ccc(F)cc1)[NH+]1CCOCC1. The van der Waals surface area contributed by atoms with Gasteiger partial charge in [-0.15, -0.1) is 0 Å². The molecule has 1 aromatic heterocycles. The predicted octanol–water partition coefficient (Wildman–Crippen LogP) is 0.817. The summed E-state index contributed by atoms with van der Waals surface area (Å²) in [7, 11) is 0. The second-order valence-electron chi connectivity index (χ2n) is 6.28. The number of hydrogen-bond acceptors (Lipinski definition) is 4. The van der Waals surface area contributed by atoms with Crippen LogP contribution in [-0.2, 0) is 4.74 Å². The largest absolute Gasteiger partial charge is 0.370 e. The van der Waals surface area contributed by atoms with E-state index < -0.39 is 0 Å². The van der Waals surface area contributed by atoms with Gasteiger partial charge in [0.15, 0.2) is 0 Å². The van der Waals surface area contributed by atoms with Gasteiger partial charge in [-0.25, -0.2) is 4.39 Å². The Hall–Kier alpha value is -2.25. The fourth-order valence-corrected chi connectivity index (χ4v) is 3.27. The van der Waals surface area contributed by atoms with Crippen LogP contribution in [0.4, 0.5) is 4.39 Å². The highest BCUT2D eigenvalue weighted by atomic mass is 19.1. The van der Waals surface area contributed by atoms with Crippen LogP contribution in [0.3, 0.4) is 0 Å². The molecule has 1 aromatic carbocycles. The van der Waals surface area contributed by atoms with Gasteiger partial charge in [0.2, 0.25) is 0 Å². The number of carbonyl (C=O) groups excluding carboxylic acids is 1. The van der Waals surface area contributed by atoms with Crippen LogP contribution < -0.4 is 10.2 Å². The summed E-state index contributed by atoms with van der Waals surface area (Å²) < 4.78 is 23.8. The highest BCUT2D eigenvalue weighted by molar-refractivity contribution is 5.96. The number of aryl methyl sites for hydroxylation is 2. The molecule has 6 nitrogen and oxygen atoms in total. The minimum absolute atomic E-state index is 0.0360. The number of aromatic nitrogens is 1. The molecule has 0 bridgehead atoms. The van der Waals surface area contributed by atoms with Crippen LogP contribution in [0.1, 0.15) is 33.4 Å². The molecule has 7 heteroatoms. The average molecular weight is 348 g/mol. The molecule has 25 heavy (non-hydrogen) atoms. The van der Waals surface area contributed by atoms with Crippen LogP contribution in [-0.4, -0.2) is 43.9 Å². The quantitative estimate of drug-likeness (QED) is 0.839. The molecule has 2 aromatic rings. The molecule has 1 atom stereocenters. The number of ether oxygens (including phenoxy) is 1. The third-order valence-electron chi connectivity index (χ3n) is 4.63. The molecule has 0 radical (unpaired) electrons. The number of nitrogens with zero attached hydrogens (tertiary/aromatic N) is 1. The third-order valence-corrected chi connectivity index (χ3v) is 4.63. The third kappa shape index (κ3) is 4.05. The number of quaternary nitrogens is 1. The van der Waals surface area contributed by atoms with E-state index in [2.05, 4.69) is 10.5 Å². The fourth-order valence-electron chi connectivity index (χ4n) is 3.27. The first kappa shape index (κ1) is 17.6. The van der Waals surface area contributed by atoms with Crippen LogP contribution in [0.15, 0.2) is 28.8 Å². The van der Waals surface area contributed by atoms with Crippen LogP contribution in [0, 0.1) is 19.7 Å². The number of halogens is 1. The first-order valence-corrected chi connectivity index (χ1v) is 8.45. The Balaban J connectivity index is 1.75. The summed E-state index contributed by atoms with van der Waals surface area (Å²) in [6.45, 7) is 6.99. The Labute approximate surface area is 145 Å². The van der Waals surface area contributed by atoms with Crippen LogP contribution >= 0.6 is 0 Å².